The van der Waals surface area contributed by atoms with E-state index in [-0.39, 0.29) is 30.7 Å². The summed E-state index contributed by atoms with van der Waals surface area (Å²) in [5.41, 5.74) is 0.626. The van der Waals surface area contributed by atoms with Gasteiger partial charge in [0.05, 0.1) is 26.2 Å². The second-order valence-corrected chi connectivity index (χ2v) is 8.67. The van der Waals surface area contributed by atoms with Gasteiger partial charge in [0, 0.05) is 24.8 Å². The third kappa shape index (κ3) is 8.96. The number of hydrogen-bond donors (Lipinski definition) is 2. The molecule has 0 spiro atoms. The van der Waals surface area contributed by atoms with E-state index in [1.54, 1.807) is 17.0 Å². The number of rotatable bonds is 11. The highest BCUT2D eigenvalue weighted by Gasteiger charge is 2.33. The van der Waals surface area contributed by atoms with E-state index in [2.05, 4.69) is 24.5 Å². The molecule has 1 saturated heterocycles. The number of anilines is 1. The Labute approximate surface area is 184 Å². The first-order valence-electron chi connectivity index (χ1n) is 10.9. The van der Waals surface area contributed by atoms with Crippen molar-refractivity contribution in [3.05, 3.63) is 24.3 Å². The number of carbonyl (C=O) groups is 3. The first-order chi connectivity index (χ1) is 14.7. The summed E-state index contributed by atoms with van der Waals surface area (Å²) in [6, 6.07) is 6.52. The van der Waals surface area contributed by atoms with Crippen molar-refractivity contribution in [1.29, 1.82) is 0 Å². The van der Waals surface area contributed by atoms with Crippen LogP contribution in [0.2, 0.25) is 0 Å². The summed E-state index contributed by atoms with van der Waals surface area (Å²) in [6.45, 7) is 10.0. The van der Waals surface area contributed by atoms with Crippen molar-refractivity contribution < 1.29 is 23.9 Å². The molecular formula is C23H35N3O5. The lowest BCUT2D eigenvalue weighted by atomic mass is 10.1. The normalized spacial score (nSPS) is 16.8. The number of carbonyl (C=O) groups excluding carboxylic acids is 3. The van der Waals surface area contributed by atoms with E-state index in [0.29, 0.717) is 43.7 Å². The van der Waals surface area contributed by atoms with Gasteiger partial charge in [0.2, 0.25) is 11.8 Å². The van der Waals surface area contributed by atoms with Crippen LogP contribution in [-0.4, -0.2) is 61.6 Å². The van der Waals surface area contributed by atoms with Gasteiger partial charge in [-0.1, -0.05) is 33.8 Å². The van der Waals surface area contributed by atoms with Gasteiger partial charge in [-0.2, -0.15) is 0 Å². The third-order valence-electron chi connectivity index (χ3n) is 4.81. The fourth-order valence-corrected chi connectivity index (χ4v) is 3.11. The van der Waals surface area contributed by atoms with Crippen LogP contribution < -0.4 is 15.4 Å². The van der Waals surface area contributed by atoms with E-state index in [1.165, 1.54) is 0 Å². The minimum Gasteiger partial charge on any atom is -0.494 e. The van der Waals surface area contributed by atoms with Crippen LogP contribution in [0.3, 0.4) is 0 Å². The number of esters is 1. The molecular weight excluding hydrogens is 398 g/mol. The van der Waals surface area contributed by atoms with Gasteiger partial charge in [-0.15, -0.1) is 0 Å². The monoisotopic (exact) mass is 433 g/mol. The number of hydrogen-bond acceptors (Lipinski definition) is 6. The van der Waals surface area contributed by atoms with Crippen molar-refractivity contribution in [3.63, 3.8) is 0 Å². The molecule has 0 saturated carbocycles. The van der Waals surface area contributed by atoms with Crippen LogP contribution in [0.1, 0.15) is 40.5 Å². The molecule has 1 aliphatic rings. The molecule has 2 amide bonds. The third-order valence-corrected chi connectivity index (χ3v) is 4.81. The average molecular weight is 434 g/mol. The van der Waals surface area contributed by atoms with Crippen LogP contribution in [-0.2, 0) is 19.1 Å². The molecule has 1 heterocycles. The maximum Gasteiger partial charge on any atom is 0.307 e. The van der Waals surface area contributed by atoms with E-state index in [0.717, 1.165) is 6.42 Å². The lowest BCUT2D eigenvalue weighted by Crippen LogP contribution is -2.57. The van der Waals surface area contributed by atoms with Crippen LogP contribution >= 0.6 is 0 Å². The van der Waals surface area contributed by atoms with E-state index in [1.807, 2.05) is 26.0 Å². The maximum atomic E-state index is 12.6. The van der Waals surface area contributed by atoms with Crippen LogP contribution in [0.4, 0.5) is 5.69 Å². The number of nitrogens with one attached hydrogen (secondary N) is 2. The molecule has 31 heavy (non-hydrogen) atoms. The Morgan fingerprint density at radius 1 is 1.23 bits per heavy atom. The van der Waals surface area contributed by atoms with Gasteiger partial charge in [0.25, 0.3) is 0 Å². The van der Waals surface area contributed by atoms with Gasteiger partial charge in [-0.25, -0.2) is 0 Å². The molecule has 0 aromatic heterocycles. The van der Waals surface area contributed by atoms with Crippen molar-refractivity contribution in [1.82, 2.24) is 10.2 Å². The Hall–Kier alpha value is -2.61. The Balaban J connectivity index is 1.91. The zero-order valence-corrected chi connectivity index (χ0v) is 19.0. The summed E-state index contributed by atoms with van der Waals surface area (Å²) in [5.74, 6) is 0.515. The van der Waals surface area contributed by atoms with Gasteiger partial charge in [0.15, 0.2) is 0 Å². The van der Waals surface area contributed by atoms with Crippen molar-refractivity contribution in [2.75, 3.05) is 38.2 Å². The zero-order chi connectivity index (χ0) is 22.8. The first kappa shape index (κ1) is 24.7. The van der Waals surface area contributed by atoms with Gasteiger partial charge >= 0.3 is 5.97 Å². The molecule has 2 N–H and O–H groups in total. The van der Waals surface area contributed by atoms with Gasteiger partial charge in [0.1, 0.15) is 11.8 Å². The molecule has 1 atom stereocenters. The Kier molecular flexibility index (Phi) is 9.78. The summed E-state index contributed by atoms with van der Waals surface area (Å²) in [6.07, 6.45) is 0.875. The van der Waals surface area contributed by atoms with Gasteiger partial charge < -0.3 is 20.1 Å². The van der Waals surface area contributed by atoms with Crippen LogP contribution in [0, 0.1) is 11.8 Å². The minimum absolute atomic E-state index is 0.00792. The molecule has 0 radical (unpaired) electrons. The number of piperazine rings is 1. The lowest BCUT2D eigenvalue weighted by molar-refractivity contribution is -0.149. The second kappa shape index (κ2) is 12.3. The summed E-state index contributed by atoms with van der Waals surface area (Å²) < 4.78 is 10.9. The van der Waals surface area contributed by atoms with E-state index < -0.39 is 12.0 Å². The lowest BCUT2D eigenvalue weighted by Gasteiger charge is -2.33. The van der Waals surface area contributed by atoms with Crippen molar-refractivity contribution >= 4 is 23.5 Å². The molecule has 1 unspecified atom stereocenters. The highest BCUT2D eigenvalue weighted by atomic mass is 16.5. The molecule has 172 valence electrons. The van der Waals surface area contributed by atoms with Crippen LogP contribution in [0.5, 0.6) is 5.75 Å². The standard InChI is InChI=1S/C23H35N3O5/c1-16(2)8-11-30-19-7-5-6-18(12-19)25-21(27)14-26-10-9-24-23(29)20(26)13-22(28)31-15-17(3)4/h5-7,12,16-17,20H,8-11,13-15H2,1-4H3,(H,24,29)(H,25,27). The first-order valence-corrected chi connectivity index (χ1v) is 10.9. The van der Waals surface area contributed by atoms with Gasteiger partial charge in [-0.05, 0) is 30.4 Å². The Morgan fingerprint density at radius 2 is 2.00 bits per heavy atom. The number of amides is 2. The quantitative estimate of drug-likeness (QED) is 0.521. The summed E-state index contributed by atoms with van der Waals surface area (Å²) in [7, 11) is 0. The van der Waals surface area contributed by atoms with Crippen molar-refractivity contribution in [3.8, 4) is 5.75 Å². The predicted molar refractivity (Wildman–Crippen MR) is 119 cm³/mol. The van der Waals surface area contributed by atoms with E-state index in [4.69, 9.17) is 9.47 Å². The van der Waals surface area contributed by atoms with Crippen LogP contribution in [0.25, 0.3) is 0 Å². The zero-order valence-electron chi connectivity index (χ0n) is 19.0. The fraction of sp³-hybridized carbons (Fsp3) is 0.609. The van der Waals surface area contributed by atoms with Crippen LogP contribution in [0.15, 0.2) is 24.3 Å². The van der Waals surface area contributed by atoms with Gasteiger partial charge in [-0.3, -0.25) is 19.3 Å². The summed E-state index contributed by atoms with van der Waals surface area (Å²) >= 11 is 0. The van der Waals surface area contributed by atoms with E-state index >= 15 is 0 Å². The largest absolute Gasteiger partial charge is 0.494 e. The molecule has 0 aliphatic carbocycles. The molecule has 1 aliphatic heterocycles. The highest BCUT2D eigenvalue weighted by molar-refractivity contribution is 5.93. The smallest absolute Gasteiger partial charge is 0.307 e. The maximum absolute atomic E-state index is 12.6. The van der Waals surface area contributed by atoms with E-state index in [9.17, 15) is 14.4 Å². The Morgan fingerprint density at radius 3 is 2.71 bits per heavy atom. The molecule has 8 nitrogen and oxygen atoms in total. The number of nitrogens with zero attached hydrogens (tertiary/aromatic N) is 1. The van der Waals surface area contributed by atoms with Crippen molar-refractivity contribution in [2.24, 2.45) is 11.8 Å². The fourth-order valence-electron chi connectivity index (χ4n) is 3.11. The SMILES string of the molecule is CC(C)CCOc1cccc(NC(=O)CN2CCNC(=O)C2CC(=O)OCC(C)C)c1. The second-order valence-electron chi connectivity index (χ2n) is 8.67. The van der Waals surface area contributed by atoms with Crippen molar-refractivity contribution in [2.45, 2.75) is 46.6 Å². The number of benzene rings is 1. The Bertz CT molecular complexity index is 750. The summed E-state index contributed by atoms with van der Waals surface area (Å²) in [4.78, 5) is 38.7. The topological polar surface area (TPSA) is 97.0 Å². The molecule has 0 bridgehead atoms. The molecule has 8 heteroatoms. The molecule has 2 rings (SSSR count). The predicted octanol–water partition coefficient (Wildman–Crippen LogP) is 2.44. The molecule has 1 fully saturated rings. The highest BCUT2D eigenvalue weighted by Crippen LogP contribution is 2.18. The molecule has 1 aromatic rings. The average Bonchev–Trinajstić information content (AvgIpc) is 2.69. The molecule has 1 aromatic carbocycles. The summed E-state index contributed by atoms with van der Waals surface area (Å²) in [5, 5.41) is 5.60. The number of ether oxygens (including phenoxy) is 2. The minimum atomic E-state index is -0.718.